The third-order valence-electron chi connectivity index (χ3n) is 3.05. The Morgan fingerprint density at radius 2 is 1.67 bits per heavy atom. The third kappa shape index (κ3) is 3.58. The fourth-order valence-electron chi connectivity index (χ4n) is 1.99. The van der Waals surface area contributed by atoms with Crippen molar-refractivity contribution in [2.75, 3.05) is 10.5 Å². The highest BCUT2D eigenvalue weighted by Gasteiger charge is 2.16. The lowest BCUT2D eigenvalue weighted by atomic mass is 10.1. The van der Waals surface area contributed by atoms with Crippen molar-refractivity contribution < 1.29 is 8.78 Å². The zero-order valence-electron chi connectivity index (χ0n) is 12.1. The number of halogens is 3. The first-order valence-electron chi connectivity index (χ1n) is 6.81. The molecule has 0 saturated carbocycles. The summed E-state index contributed by atoms with van der Waals surface area (Å²) < 4.78 is 30.9. The van der Waals surface area contributed by atoms with E-state index in [4.69, 9.17) is 17.3 Å². The van der Waals surface area contributed by atoms with Crippen LogP contribution in [0.2, 0.25) is 5.02 Å². The summed E-state index contributed by atoms with van der Waals surface area (Å²) in [5, 5.41) is 0.780. The number of nitrogen functional groups attached to an aromatic ring is 1. The normalized spacial score (nSPS) is 10.6. The molecule has 8 heteroatoms. The molecule has 2 aromatic heterocycles. The lowest BCUT2D eigenvalue weighted by molar-refractivity contribution is 0.589. The molecule has 0 radical (unpaired) electrons. The molecular weight excluding hydrogens is 354 g/mol. The minimum atomic E-state index is -0.730. The summed E-state index contributed by atoms with van der Waals surface area (Å²) in [6, 6.07) is 11.9. The molecule has 4 nitrogen and oxygen atoms in total. The quantitative estimate of drug-likeness (QED) is 0.652. The van der Waals surface area contributed by atoms with E-state index in [0.717, 1.165) is 12.1 Å². The first kappa shape index (κ1) is 16.5. The minimum Gasteiger partial charge on any atom is -0.384 e. The molecule has 3 N–H and O–H groups in total. The number of anilines is 2. The van der Waals surface area contributed by atoms with Crippen LogP contribution in [0.1, 0.15) is 0 Å². The number of benzene rings is 1. The minimum absolute atomic E-state index is 0.0263. The second kappa shape index (κ2) is 7.02. The fraction of sp³-hybridized carbons (Fsp3) is 0. The molecule has 1 aromatic carbocycles. The van der Waals surface area contributed by atoms with Gasteiger partial charge in [-0.3, -0.25) is 0 Å². The van der Waals surface area contributed by atoms with Gasteiger partial charge in [-0.2, -0.15) is 0 Å². The maximum absolute atomic E-state index is 14.0. The van der Waals surface area contributed by atoms with Crippen molar-refractivity contribution in [3.8, 4) is 11.3 Å². The van der Waals surface area contributed by atoms with Gasteiger partial charge < -0.3 is 10.5 Å². The average Bonchev–Trinajstić information content (AvgIpc) is 2.55. The van der Waals surface area contributed by atoms with Crippen LogP contribution in [-0.4, -0.2) is 9.97 Å². The van der Waals surface area contributed by atoms with E-state index in [-0.39, 0.29) is 16.3 Å². The van der Waals surface area contributed by atoms with Crippen molar-refractivity contribution in [1.82, 2.24) is 9.97 Å². The zero-order valence-corrected chi connectivity index (χ0v) is 13.7. The summed E-state index contributed by atoms with van der Waals surface area (Å²) in [7, 11) is 0. The van der Waals surface area contributed by atoms with Crippen molar-refractivity contribution >= 4 is 35.2 Å². The van der Waals surface area contributed by atoms with Gasteiger partial charge in [0.1, 0.15) is 28.3 Å². The maximum atomic E-state index is 14.0. The molecule has 0 bridgehead atoms. The highest BCUT2D eigenvalue weighted by molar-refractivity contribution is 8.00. The molecule has 0 fully saturated rings. The summed E-state index contributed by atoms with van der Waals surface area (Å²) in [6.07, 6.45) is 0. The Bertz CT molecular complexity index is 871. The van der Waals surface area contributed by atoms with Gasteiger partial charge in [-0.05, 0) is 36.4 Å². The number of aromatic nitrogens is 2. The predicted molar refractivity (Wildman–Crippen MR) is 92.7 cm³/mol. The zero-order chi connectivity index (χ0) is 17.1. The second-order valence-corrected chi connectivity index (χ2v) is 5.96. The van der Waals surface area contributed by atoms with E-state index in [1.807, 2.05) is 0 Å². The summed E-state index contributed by atoms with van der Waals surface area (Å²) in [4.78, 5) is 8.32. The van der Waals surface area contributed by atoms with Crippen molar-refractivity contribution in [1.29, 1.82) is 0 Å². The Morgan fingerprint density at radius 1 is 0.958 bits per heavy atom. The second-order valence-electron chi connectivity index (χ2n) is 4.73. The van der Waals surface area contributed by atoms with E-state index in [1.54, 1.807) is 24.3 Å². The Kier molecular flexibility index (Phi) is 4.82. The van der Waals surface area contributed by atoms with Gasteiger partial charge in [0.15, 0.2) is 0 Å². The van der Waals surface area contributed by atoms with Crippen LogP contribution < -0.4 is 10.5 Å². The van der Waals surface area contributed by atoms with E-state index in [1.165, 1.54) is 24.1 Å². The topological polar surface area (TPSA) is 63.8 Å². The van der Waals surface area contributed by atoms with E-state index in [0.29, 0.717) is 16.7 Å². The molecule has 0 spiro atoms. The van der Waals surface area contributed by atoms with Crippen molar-refractivity contribution in [3.05, 3.63) is 65.2 Å². The summed E-state index contributed by atoms with van der Waals surface area (Å²) in [5.74, 6) is -0.690. The number of rotatable bonds is 4. The molecule has 0 saturated heterocycles. The van der Waals surface area contributed by atoms with Crippen LogP contribution in [-0.2, 0) is 0 Å². The molecule has 0 atom stereocenters. The molecule has 0 unspecified atom stereocenters. The maximum Gasteiger partial charge on any atom is 0.136 e. The Hall–Kier alpha value is -2.38. The number of hydrogen-bond donors (Lipinski definition) is 2. The highest BCUT2D eigenvalue weighted by Crippen LogP contribution is 2.32. The van der Waals surface area contributed by atoms with Gasteiger partial charge in [-0.25, -0.2) is 18.7 Å². The van der Waals surface area contributed by atoms with Gasteiger partial charge in [0.05, 0.1) is 16.3 Å². The Morgan fingerprint density at radius 3 is 2.38 bits per heavy atom. The van der Waals surface area contributed by atoms with Gasteiger partial charge >= 0.3 is 0 Å². The molecular formula is C16H11ClF2N4S. The van der Waals surface area contributed by atoms with Crippen LogP contribution in [0.3, 0.4) is 0 Å². The van der Waals surface area contributed by atoms with Gasteiger partial charge in [0.2, 0.25) is 0 Å². The standard InChI is InChI=1S/C16H11ClF2N4S/c17-9-7-8-13(23-24-14-6-2-5-12(20)21-14)22-16(9)15-10(18)3-1-4-11(15)19/h1-8H,(H2,20,21)(H,22,23). The van der Waals surface area contributed by atoms with Gasteiger partial charge in [-0.1, -0.05) is 23.7 Å². The lowest BCUT2D eigenvalue weighted by Gasteiger charge is -2.10. The van der Waals surface area contributed by atoms with Crippen LogP contribution in [0.15, 0.2) is 53.6 Å². The summed E-state index contributed by atoms with van der Waals surface area (Å²) >= 11 is 7.22. The van der Waals surface area contributed by atoms with Crippen LogP contribution in [0.4, 0.5) is 20.4 Å². The van der Waals surface area contributed by atoms with E-state index in [2.05, 4.69) is 14.7 Å². The third-order valence-corrected chi connectivity index (χ3v) is 4.10. The Balaban J connectivity index is 1.89. The molecule has 3 aromatic rings. The lowest BCUT2D eigenvalue weighted by Crippen LogP contribution is -1.98. The smallest absolute Gasteiger partial charge is 0.136 e. The number of hydrogen-bond acceptors (Lipinski definition) is 5. The molecule has 0 aliphatic carbocycles. The van der Waals surface area contributed by atoms with E-state index >= 15 is 0 Å². The predicted octanol–water partition coefficient (Wildman–Crippen LogP) is 4.78. The number of nitrogens with one attached hydrogen (secondary N) is 1. The van der Waals surface area contributed by atoms with Crippen LogP contribution in [0.5, 0.6) is 0 Å². The molecule has 0 amide bonds. The number of nitrogens with zero attached hydrogens (tertiary/aromatic N) is 2. The number of pyridine rings is 2. The van der Waals surface area contributed by atoms with Crippen LogP contribution >= 0.6 is 23.5 Å². The molecule has 122 valence electrons. The highest BCUT2D eigenvalue weighted by atomic mass is 35.5. The summed E-state index contributed by atoms with van der Waals surface area (Å²) in [6.45, 7) is 0. The summed E-state index contributed by atoms with van der Waals surface area (Å²) in [5.41, 5.74) is 5.37. The number of nitrogens with two attached hydrogens (primary N) is 1. The van der Waals surface area contributed by atoms with E-state index < -0.39 is 11.6 Å². The molecule has 3 rings (SSSR count). The largest absolute Gasteiger partial charge is 0.384 e. The fourth-order valence-corrected chi connectivity index (χ4v) is 2.81. The molecule has 0 aliphatic heterocycles. The van der Waals surface area contributed by atoms with Gasteiger partial charge in [-0.15, -0.1) is 0 Å². The van der Waals surface area contributed by atoms with Gasteiger partial charge in [0, 0.05) is 11.9 Å². The van der Waals surface area contributed by atoms with Crippen LogP contribution in [0, 0.1) is 11.6 Å². The van der Waals surface area contributed by atoms with Crippen molar-refractivity contribution in [3.63, 3.8) is 0 Å². The monoisotopic (exact) mass is 364 g/mol. The molecule has 0 aliphatic rings. The van der Waals surface area contributed by atoms with Crippen LogP contribution in [0.25, 0.3) is 11.3 Å². The average molecular weight is 365 g/mol. The Labute approximate surface area is 146 Å². The van der Waals surface area contributed by atoms with Gasteiger partial charge in [0.25, 0.3) is 0 Å². The SMILES string of the molecule is Nc1cccc(SNc2ccc(Cl)c(-c3c(F)cccc3F)n2)n1. The molecule has 2 heterocycles. The first-order chi connectivity index (χ1) is 11.5. The van der Waals surface area contributed by atoms with Crippen molar-refractivity contribution in [2.24, 2.45) is 0 Å². The first-order valence-corrected chi connectivity index (χ1v) is 8.00. The van der Waals surface area contributed by atoms with Crippen molar-refractivity contribution in [2.45, 2.75) is 5.03 Å². The van der Waals surface area contributed by atoms with E-state index in [9.17, 15) is 8.78 Å². The molecule has 24 heavy (non-hydrogen) atoms.